The fraction of sp³-hybridized carbons (Fsp3) is 0.297. The molecule has 0 bridgehead atoms. The van der Waals surface area contributed by atoms with E-state index < -0.39 is 0 Å². The molecule has 4 heterocycles. The first kappa shape index (κ1) is 33.0. The molecule has 7 rings (SSSR count). The van der Waals surface area contributed by atoms with Crippen LogP contribution in [0.2, 0.25) is 10.0 Å². The SMILES string of the molecule is COc1nc(-c2cccc(-c3cccc(-c4ccc5nc(CNC[C@@H]6CCC(=O)N6)oc5c4)c3Cl)c2Cl)ccc1CNC[C@H]1CCC(=O)N1. The Kier molecular flexibility index (Phi) is 9.81. The van der Waals surface area contributed by atoms with Gasteiger partial charge in [-0.05, 0) is 36.6 Å². The molecule has 49 heavy (non-hydrogen) atoms. The average Bonchev–Trinajstić information content (AvgIpc) is 3.84. The van der Waals surface area contributed by atoms with Crippen molar-refractivity contribution in [2.24, 2.45) is 0 Å². The molecule has 2 atom stereocenters. The molecule has 5 aromatic rings. The largest absolute Gasteiger partial charge is 0.481 e. The van der Waals surface area contributed by atoms with Gasteiger partial charge in [0.05, 0.1) is 29.4 Å². The Morgan fingerprint density at radius 2 is 1.43 bits per heavy atom. The summed E-state index contributed by atoms with van der Waals surface area (Å²) in [6.45, 7) is 2.36. The molecule has 10 nitrogen and oxygen atoms in total. The quantitative estimate of drug-likeness (QED) is 0.120. The summed E-state index contributed by atoms with van der Waals surface area (Å²) < 4.78 is 11.7. The molecular formula is C37H36Cl2N6O4. The number of fused-ring (bicyclic) bond motifs is 1. The smallest absolute Gasteiger partial charge is 0.220 e. The molecule has 3 aromatic carbocycles. The van der Waals surface area contributed by atoms with Crippen LogP contribution in [0.1, 0.15) is 37.1 Å². The lowest BCUT2D eigenvalue weighted by atomic mass is 9.96. The van der Waals surface area contributed by atoms with E-state index in [1.165, 1.54) is 0 Å². The third-order valence-electron chi connectivity index (χ3n) is 8.98. The minimum atomic E-state index is 0.0972. The van der Waals surface area contributed by atoms with Crippen LogP contribution < -0.4 is 26.0 Å². The van der Waals surface area contributed by atoms with E-state index in [2.05, 4.69) is 26.3 Å². The Balaban J connectivity index is 1.09. The van der Waals surface area contributed by atoms with Crippen LogP contribution in [0.5, 0.6) is 5.88 Å². The van der Waals surface area contributed by atoms with Gasteiger partial charge in [-0.15, -0.1) is 0 Å². The lowest BCUT2D eigenvalue weighted by molar-refractivity contribution is -0.120. The van der Waals surface area contributed by atoms with Gasteiger partial charge in [-0.25, -0.2) is 9.97 Å². The Bertz CT molecular complexity index is 2030. The molecule has 0 radical (unpaired) electrons. The number of rotatable bonds is 12. The van der Waals surface area contributed by atoms with E-state index in [0.29, 0.717) is 72.1 Å². The minimum Gasteiger partial charge on any atom is -0.481 e. The predicted molar refractivity (Wildman–Crippen MR) is 190 cm³/mol. The first-order valence-corrected chi connectivity index (χ1v) is 17.1. The summed E-state index contributed by atoms with van der Waals surface area (Å²) in [5.74, 6) is 1.28. The summed E-state index contributed by atoms with van der Waals surface area (Å²) in [5.41, 5.74) is 7.06. The minimum absolute atomic E-state index is 0.0972. The predicted octanol–water partition coefficient (Wildman–Crippen LogP) is 6.28. The average molecular weight is 700 g/mol. The number of pyridine rings is 1. The van der Waals surface area contributed by atoms with Gasteiger partial charge in [-0.3, -0.25) is 9.59 Å². The second-order valence-corrected chi connectivity index (χ2v) is 13.1. The summed E-state index contributed by atoms with van der Waals surface area (Å²) >= 11 is 14.2. The van der Waals surface area contributed by atoms with Crippen molar-refractivity contribution in [1.82, 2.24) is 31.2 Å². The van der Waals surface area contributed by atoms with E-state index in [9.17, 15) is 9.59 Å². The maximum Gasteiger partial charge on any atom is 0.220 e. The maximum atomic E-state index is 11.5. The van der Waals surface area contributed by atoms with Crippen LogP contribution in [0.3, 0.4) is 0 Å². The topological polar surface area (TPSA) is 130 Å². The highest BCUT2D eigenvalue weighted by Crippen LogP contribution is 2.42. The van der Waals surface area contributed by atoms with Gasteiger partial charge in [0.15, 0.2) is 5.58 Å². The van der Waals surface area contributed by atoms with Gasteiger partial charge in [0, 0.05) is 72.4 Å². The van der Waals surface area contributed by atoms with Gasteiger partial charge in [-0.2, -0.15) is 0 Å². The first-order chi connectivity index (χ1) is 23.9. The summed E-state index contributed by atoms with van der Waals surface area (Å²) in [6, 6.07) is 21.8. The third kappa shape index (κ3) is 7.28. The number of methoxy groups -OCH3 is 1. The zero-order valence-electron chi connectivity index (χ0n) is 26.9. The van der Waals surface area contributed by atoms with Gasteiger partial charge >= 0.3 is 0 Å². The van der Waals surface area contributed by atoms with Crippen molar-refractivity contribution in [2.75, 3.05) is 20.2 Å². The number of nitrogens with zero attached hydrogens (tertiary/aromatic N) is 2. The van der Waals surface area contributed by atoms with Crippen molar-refractivity contribution >= 4 is 46.1 Å². The highest BCUT2D eigenvalue weighted by atomic mass is 35.5. The van der Waals surface area contributed by atoms with Crippen molar-refractivity contribution in [2.45, 2.75) is 50.9 Å². The number of hydrogen-bond donors (Lipinski definition) is 4. The highest BCUT2D eigenvalue weighted by molar-refractivity contribution is 6.39. The summed E-state index contributed by atoms with van der Waals surface area (Å²) in [5, 5.41) is 13.7. The van der Waals surface area contributed by atoms with Gasteiger partial charge in [0.1, 0.15) is 5.52 Å². The molecule has 2 amide bonds. The molecule has 2 aliphatic rings. The Morgan fingerprint density at radius 1 is 0.796 bits per heavy atom. The van der Waals surface area contributed by atoms with E-state index in [4.69, 9.17) is 37.3 Å². The van der Waals surface area contributed by atoms with Gasteiger partial charge in [-0.1, -0.05) is 71.7 Å². The molecule has 0 saturated carbocycles. The number of ether oxygens (including phenoxy) is 1. The summed E-state index contributed by atoms with van der Waals surface area (Å²) in [6.07, 6.45) is 2.81. The number of benzene rings is 3. The summed E-state index contributed by atoms with van der Waals surface area (Å²) in [4.78, 5) is 32.4. The zero-order valence-corrected chi connectivity index (χ0v) is 28.5. The number of amides is 2. The second-order valence-electron chi connectivity index (χ2n) is 12.4. The van der Waals surface area contributed by atoms with Crippen molar-refractivity contribution in [1.29, 1.82) is 0 Å². The summed E-state index contributed by atoms with van der Waals surface area (Å²) in [7, 11) is 1.60. The van der Waals surface area contributed by atoms with Gasteiger partial charge < -0.3 is 30.4 Å². The maximum absolute atomic E-state index is 11.5. The van der Waals surface area contributed by atoms with Crippen molar-refractivity contribution < 1.29 is 18.7 Å². The third-order valence-corrected chi connectivity index (χ3v) is 9.80. The molecule has 0 unspecified atom stereocenters. The van der Waals surface area contributed by atoms with E-state index in [-0.39, 0.29) is 23.9 Å². The van der Waals surface area contributed by atoms with Crippen LogP contribution in [-0.2, 0) is 22.7 Å². The van der Waals surface area contributed by atoms with Crippen LogP contribution >= 0.6 is 23.2 Å². The molecule has 252 valence electrons. The van der Waals surface area contributed by atoms with E-state index in [0.717, 1.165) is 51.7 Å². The fourth-order valence-electron chi connectivity index (χ4n) is 6.44. The Hall–Kier alpha value is -4.48. The number of hydrogen-bond acceptors (Lipinski definition) is 8. The molecule has 0 spiro atoms. The second kappa shape index (κ2) is 14.6. The van der Waals surface area contributed by atoms with Gasteiger partial charge in [0.2, 0.25) is 23.6 Å². The Labute approximate surface area is 293 Å². The van der Waals surface area contributed by atoms with Gasteiger partial charge in [0.25, 0.3) is 0 Å². The molecule has 12 heteroatoms. The molecule has 2 aliphatic heterocycles. The van der Waals surface area contributed by atoms with Crippen molar-refractivity contribution in [3.63, 3.8) is 0 Å². The molecule has 0 aliphatic carbocycles. The van der Waals surface area contributed by atoms with Crippen LogP contribution in [0.4, 0.5) is 0 Å². The van der Waals surface area contributed by atoms with E-state index >= 15 is 0 Å². The number of aromatic nitrogens is 2. The van der Waals surface area contributed by atoms with Crippen molar-refractivity contribution in [3.8, 4) is 39.4 Å². The Morgan fingerprint density at radius 3 is 2.08 bits per heavy atom. The molecule has 2 aromatic heterocycles. The zero-order chi connectivity index (χ0) is 33.9. The first-order valence-electron chi connectivity index (χ1n) is 16.4. The number of oxazole rings is 1. The molecule has 4 N–H and O–H groups in total. The van der Waals surface area contributed by atoms with Crippen LogP contribution in [0.15, 0.2) is 71.1 Å². The lowest BCUT2D eigenvalue weighted by Gasteiger charge is -2.15. The van der Waals surface area contributed by atoms with E-state index in [1.54, 1.807) is 7.11 Å². The highest BCUT2D eigenvalue weighted by Gasteiger charge is 2.22. The number of halogens is 2. The van der Waals surface area contributed by atoms with Crippen LogP contribution in [-0.4, -0.2) is 54.1 Å². The van der Waals surface area contributed by atoms with Crippen molar-refractivity contribution in [3.05, 3.63) is 88.2 Å². The fourth-order valence-corrected chi connectivity index (χ4v) is 7.10. The molecular weight excluding hydrogens is 663 g/mol. The normalized spacial score (nSPS) is 17.4. The lowest BCUT2D eigenvalue weighted by Crippen LogP contribution is -2.35. The standard InChI is InChI=1S/C37H36Cl2N6O4/c1-48-37-22(17-40-18-23-10-14-32(46)42-23)9-12-29(45-37)28-7-3-6-27(36(28)39)26-5-2-4-25(35(26)38)21-8-13-30-31(16-21)49-34(44-30)20-41-19-24-11-15-33(47)43-24/h2-9,12-13,16,23-24,40-41H,10-11,14-15,17-20H2,1H3,(H,42,46)(H,43,47)/t23-,24+/m1/s1. The number of carbonyl (C=O) groups is 2. The molecule has 2 saturated heterocycles. The van der Waals surface area contributed by atoms with Crippen LogP contribution in [0, 0.1) is 0 Å². The molecule has 2 fully saturated rings. The number of carbonyl (C=O) groups excluding carboxylic acids is 2. The van der Waals surface area contributed by atoms with Crippen LogP contribution in [0.25, 0.3) is 44.6 Å². The van der Waals surface area contributed by atoms with E-state index in [1.807, 2.05) is 66.7 Å². The number of nitrogens with one attached hydrogen (secondary N) is 4. The monoisotopic (exact) mass is 698 g/mol.